The van der Waals surface area contributed by atoms with Gasteiger partial charge in [0.1, 0.15) is 11.8 Å². The average molecular weight is 689 g/mol. The number of thiazole rings is 1. The summed E-state index contributed by atoms with van der Waals surface area (Å²) in [6.07, 6.45) is -4.67. The second-order valence-corrected chi connectivity index (χ2v) is 13.9. The normalized spacial score (nSPS) is 18.9. The van der Waals surface area contributed by atoms with Gasteiger partial charge in [0.2, 0.25) is 17.7 Å². The minimum absolute atomic E-state index is 0.174. The van der Waals surface area contributed by atoms with E-state index in [4.69, 9.17) is 0 Å². The summed E-state index contributed by atoms with van der Waals surface area (Å²) in [7, 11) is 3.75. The number of rotatable bonds is 6. The van der Waals surface area contributed by atoms with Crippen molar-refractivity contribution in [1.82, 2.24) is 4.57 Å². The monoisotopic (exact) mass is 688 g/mol. The molecule has 3 heterocycles. The van der Waals surface area contributed by atoms with Gasteiger partial charge in [-0.1, -0.05) is 71.6 Å². The second kappa shape index (κ2) is 12.0. The lowest BCUT2D eigenvalue weighted by Gasteiger charge is -2.31. The molecule has 1 aromatic heterocycles. The number of alkyl halides is 3. The predicted molar refractivity (Wildman–Crippen MR) is 181 cm³/mol. The number of halogens is 3. The van der Waals surface area contributed by atoms with E-state index in [-0.39, 0.29) is 12.2 Å². The minimum Gasteiger partial charge on any atom is -0.378 e. The quantitative estimate of drug-likeness (QED) is 0.203. The van der Waals surface area contributed by atoms with Gasteiger partial charge in [0.15, 0.2) is 0 Å². The van der Waals surface area contributed by atoms with E-state index < -0.39 is 51.4 Å². The van der Waals surface area contributed by atoms with Crippen molar-refractivity contribution in [2.24, 2.45) is 5.92 Å². The number of amides is 3. The van der Waals surface area contributed by atoms with Gasteiger partial charge in [0.25, 0.3) is 0 Å². The van der Waals surface area contributed by atoms with Crippen molar-refractivity contribution in [2.45, 2.75) is 28.9 Å². The van der Waals surface area contributed by atoms with Crippen molar-refractivity contribution < 1.29 is 27.6 Å². The molecule has 1 saturated heterocycles. The van der Waals surface area contributed by atoms with Crippen LogP contribution in [0.3, 0.4) is 0 Å². The zero-order valence-electron chi connectivity index (χ0n) is 25.5. The van der Waals surface area contributed by atoms with Gasteiger partial charge in [-0.25, -0.2) is 4.90 Å². The van der Waals surface area contributed by atoms with E-state index in [1.165, 1.54) is 10.6 Å². The van der Waals surface area contributed by atoms with E-state index in [9.17, 15) is 32.3 Å². The third kappa shape index (κ3) is 5.56. The molecule has 48 heavy (non-hydrogen) atoms. The Morgan fingerprint density at radius 2 is 1.60 bits per heavy atom. The molecule has 0 spiro atoms. The van der Waals surface area contributed by atoms with E-state index in [1.54, 1.807) is 6.07 Å². The number of nitrogens with one attached hydrogen (secondary N) is 1. The van der Waals surface area contributed by atoms with Crippen LogP contribution in [0.15, 0.2) is 101 Å². The molecule has 0 radical (unpaired) electrons. The molecule has 0 unspecified atom stereocenters. The molecule has 3 atom stereocenters. The minimum atomic E-state index is -4.67. The first-order valence-electron chi connectivity index (χ1n) is 14.9. The maximum absolute atomic E-state index is 14.1. The van der Waals surface area contributed by atoms with Crippen LogP contribution in [0.2, 0.25) is 0 Å². The van der Waals surface area contributed by atoms with Crippen LogP contribution in [0, 0.1) is 5.92 Å². The predicted octanol–water partition coefficient (Wildman–Crippen LogP) is 6.58. The zero-order valence-corrected chi connectivity index (χ0v) is 27.2. The number of aromatic nitrogens is 1. The smallest absolute Gasteiger partial charge is 0.378 e. The molecule has 1 N–H and O–H groups in total. The Bertz CT molecular complexity index is 2160. The Kier molecular flexibility index (Phi) is 7.91. The van der Waals surface area contributed by atoms with Gasteiger partial charge < -0.3 is 10.2 Å². The van der Waals surface area contributed by atoms with Crippen molar-refractivity contribution in [1.29, 1.82) is 0 Å². The molecule has 5 aromatic rings. The van der Waals surface area contributed by atoms with Crippen molar-refractivity contribution in [3.05, 3.63) is 117 Å². The lowest BCUT2D eigenvalue weighted by Crippen LogP contribution is -2.33. The first-order valence-corrected chi connectivity index (χ1v) is 16.6. The maximum atomic E-state index is 14.1. The molecule has 0 saturated carbocycles. The second-order valence-electron chi connectivity index (χ2n) is 11.8. The van der Waals surface area contributed by atoms with Crippen molar-refractivity contribution in [2.75, 3.05) is 29.2 Å². The van der Waals surface area contributed by atoms with Gasteiger partial charge in [0.05, 0.1) is 22.2 Å². The molecular weight excluding hydrogens is 662 g/mol. The number of hydrogen-bond donors (Lipinski definition) is 1. The van der Waals surface area contributed by atoms with Crippen LogP contribution >= 0.6 is 23.1 Å². The molecule has 3 amide bonds. The van der Waals surface area contributed by atoms with Gasteiger partial charge in [-0.2, -0.15) is 13.2 Å². The fourth-order valence-electron chi connectivity index (χ4n) is 6.28. The summed E-state index contributed by atoms with van der Waals surface area (Å²) in [5, 5.41) is 4.12. The van der Waals surface area contributed by atoms with Crippen LogP contribution in [-0.2, 0) is 27.1 Å². The standard InChI is InChI=1S/C35H27F3N4O4S2/c1-40(2)24-14-11-20(12-15-24)27-28-29(32(45)42(31(28)44)25-9-5-8-22(17-25)35(36,37)38)47-33-30(27)48-34(46)41(33)18-26(43)39-23-13-10-19-6-3-4-7-21(19)16-23/h3-17,27-29H,18H2,1-2H3,(H,39,43)/t27-,28-,29+/m0/s1. The molecule has 2 aliphatic rings. The number of nitrogens with zero attached hydrogens (tertiary/aromatic N) is 3. The van der Waals surface area contributed by atoms with Gasteiger partial charge >= 0.3 is 11.0 Å². The Morgan fingerprint density at radius 3 is 2.31 bits per heavy atom. The summed E-state index contributed by atoms with van der Waals surface area (Å²) >= 11 is 1.90. The van der Waals surface area contributed by atoms with E-state index in [1.807, 2.05) is 79.7 Å². The lowest BCUT2D eigenvalue weighted by atomic mass is 9.83. The number of carbonyl (C=O) groups excluding carboxylic acids is 3. The fourth-order valence-corrected chi connectivity index (χ4v) is 9.05. The fraction of sp³-hybridized carbons (Fsp3) is 0.200. The van der Waals surface area contributed by atoms with Crippen LogP contribution < -0.4 is 20.0 Å². The van der Waals surface area contributed by atoms with Crippen LogP contribution in [0.1, 0.15) is 21.9 Å². The van der Waals surface area contributed by atoms with Crippen molar-refractivity contribution in [3.8, 4) is 0 Å². The summed E-state index contributed by atoms with van der Waals surface area (Å²) in [6, 6.07) is 24.7. The Balaban J connectivity index is 1.27. The maximum Gasteiger partial charge on any atom is 0.416 e. The Hall–Kier alpha value is -4.88. The highest BCUT2D eigenvalue weighted by atomic mass is 32.2. The highest BCUT2D eigenvalue weighted by Gasteiger charge is 2.57. The van der Waals surface area contributed by atoms with E-state index in [0.29, 0.717) is 21.2 Å². The lowest BCUT2D eigenvalue weighted by molar-refractivity contribution is -0.137. The van der Waals surface area contributed by atoms with Crippen LogP contribution in [0.5, 0.6) is 0 Å². The molecule has 7 rings (SSSR count). The molecule has 4 aromatic carbocycles. The summed E-state index contributed by atoms with van der Waals surface area (Å²) < 4.78 is 42.1. The zero-order chi connectivity index (χ0) is 33.9. The van der Waals surface area contributed by atoms with Crippen molar-refractivity contribution in [3.63, 3.8) is 0 Å². The largest absolute Gasteiger partial charge is 0.416 e. The molecule has 0 aliphatic carbocycles. The molecule has 244 valence electrons. The van der Waals surface area contributed by atoms with Gasteiger partial charge in [-0.05, 0) is 58.8 Å². The Morgan fingerprint density at radius 1 is 0.875 bits per heavy atom. The van der Waals surface area contributed by atoms with Gasteiger partial charge in [0, 0.05) is 36.3 Å². The van der Waals surface area contributed by atoms with E-state index >= 15 is 0 Å². The van der Waals surface area contributed by atoms with Crippen molar-refractivity contribution >= 4 is 68.7 Å². The van der Waals surface area contributed by atoms with Crippen LogP contribution in [0.4, 0.5) is 30.2 Å². The third-order valence-electron chi connectivity index (χ3n) is 8.58. The molecule has 0 bridgehead atoms. The number of fused-ring (bicyclic) bond motifs is 3. The van der Waals surface area contributed by atoms with E-state index in [2.05, 4.69) is 5.32 Å². The first kappa shape index (κ1) is 31.7. The summed E-state index contributed by atoms with van der Waals surface area (Å²) in [5.74, 6) is -3.53. The van der Waals surface area contributed by atoms with Gasteiger partial charge in [-0.3, -0.25) is 23.7 Å². The molecular formula is C35H27F3N4O4S2. The molecule has 8 nitrogen and oxygen atoms in total. The Labute approximate surface area is 280 Å². The highest BCUT2D eigenvalue weighted by molar-refractivity contribution is 8.00. The first-order chi connectivity index (χ1) is 22.9. The topological polar surface area (TPSA) is 91.7 Å². The van der Waals surface area contributed by atoms with Gasteiger partial charge in [-0.15, -0.1) is 0 Å². The summed E-state index contributed by atoms with van der Waals surface area (Å²) in [6.45, 7) is -0.340. The summed E-state index contributed by atoms with van der Waals surface area (Å²) in [5.41, 5.74) is 0.946. The SMILES string of the molecule is CN(C)c1ccc([C@@H]2c3sc(=O)n(CC(=O)Nc4ccc5ccccc5c4)c3S[C@H]3C(=O)N(c4cccc(C(F)(F)F)c4)C(=O)[C@@H]23)cc1. The average Bonchev–Trinajstić information content (AvgIpc) is 3.50. The molecule has 13 heteroatoms. The number of hydrogen-bond acceptors (Lipinski definition) is 7. The number of thioether (sulfide) groups is 1. The number of benzene rings is 4. The third-order valence-corrected chi connectivity index (χ3v) is 11.2. The molecule has 1 fully saturated rings. The van der Waals surface area contributed by atoms with Crippen LogP contribution in [-0.4, -0.2) is 41.6 Å². The molecule has 2 aliphatic heterocycles. The summed E-state index contributed by atoms with van der Waals surface area (Å²) in [4.78, 5) is 57.7. The van der Waals surface area contributed by atoms with E-state index in [0.717, 1.165) is 62.7 Å². The number of carbonyl (C=O) groups is 3. The highest BCUT2D eigenvalue weighted by Crippen LogP contribution is 2.54. The number of anilines is 3. The van der Waals surface area contributed by atoms with Crippen LogP contribution in [0.25, 0.3) is 10.8 Å². The number of imide groups is 1.